The third-order valence-corrected chi connectivity index (χ3v) is 5.32. The molecule has 2 heterocycles. The van der Waals surface area contributed by atoms with Crippen LogP contribution in [-0.4, -0.2) is 22.0 Å². The van der Waals surface area contributed by atoms with Crippen molar-refractivity contribution in [3.8, 4) is 0 Å². The van der Waals surface area contributed by atoms with Gasteiger partial charge in [-0.05, 0) is 35.9 Å². The van der Waals surface area contributed by atoms with Gasteiger partial charge in [0.1, 0.15) is 4.70 Å². The minimum absolute atomic E-state index is 0.112. The number of fused-ring (bicyclic) bond motifs is 1. The van der Waals surface area contributed by atoms with E-state index in [2.05, 4.69) is 10.3 Å². The lowest BCUT2D eigenvalue weighted by Crippen LogP contribution is -2.35. The van der Waals surface area contributed by atoms with Crippen LogP contribution in [0.1, 0.15) is 18.4 Å². The van der Waals surface area contributed by atoms with E-state index in [-0.39, 0.29) is 24.4 Å². The molecular weight excluding hydrogens is 374 g/mol. The Morgan fingerprint density at radius 3 is 2.85 bits per heavy atom. The maximum Gasteiger partial charge on any atom is 0.328 e. The zero-order valence-corrected chi connectivity index (χ0v) is 15.5. The molecule has 0 atom stereocenters. The number of rotatable bonds is 7. The fourth-order valence-electron chi connectivity index (χ4n) is 2.70. The van der Waals surface area contributed by atoms with Gasteiger partial charge in [-0.3, -0.25) is 14.2 Å². The van der Waals surface area contributed by atoms with Crippen LogP contribution >= 0.6 is 22.9 Å². The molecule has 0 unspecified atom stereocenters. The number of hydrogen-bond acceptors (Lipinski definition) is 4. The second-order valence-electron chi connectivity index (χ2n) is 5.85. The van der Waals surface area contributed by atoms with E-state index in [0.29, 0.717) is 34.6 Å². The highest BCUT2D eigenvalue weighted by atomic mass is 35.5. The Labute approximate surface area is 158 Å². The van der Waals surface area contributed by atoms with Crippen molar-refractivity contribution in [1.82, 2.24) is 14.9 Å². The van der Waals surface area contributed by atoms with E-state index in [1.165, 1.54) is 11.3 Å². The van der Waals surface area contributed by atoms with E-state index >= 15 is 0 Å². The number of carbonyl (C=O) groups is 1. The Morgan fingerprint density at radius 1 is 1.23 bits per heavy atom. The first-order valence-electron chi connectivity index (χ1n) is 8.26. The fourth-order valence-corrected chi connectivity index (χ4v) is 3.73. The molecule has 0 spiro atoms. The van der Waals surface area contributed by atoms with Crippen LogP contribution < -0.4 is 16.6 Å². The molecule has 0 fully saturated rings. The number of halogens is 1. The molecule has 3 aromatic rings. The molecule has 1 aromatic carbocycles. The van der Waals surface area contributed by atoms with Gasteiger partial charge in [0.25, 0.3) is 5.56 Å². The third-order valence-electron chi connectivity index (χ3n) is 4.05. The zero-order valence-electron chi connectivity index (χ0n) is 14.0. The number of hydrogen-bond donors (Lipinski definition) is 2. The number of nitrogens with one attached hydrogen (secondary N) is 2. The molecule has 0 radical (unpaired) electrons. The predicted octanol–water partition coefficient (Wildman–Crippen LogP) is 2.54. The van der Waals surface area contributed by atoms with Crippen LogP contribution in [-0.2, 0) is 17.8 Å². The van der Waals surface area contributed by atoms with Crippen molar-refractivity contribution in [2.75, 3.05) is 6.54 Å². The van der Waals surface area contributed by atoms with Gasteiger partial charge in [0.15, 0.2) is 0 Å². The summed E-state index contributed by atoms with van der Waals surface area (Å²) in [5.41, 5.74) is 0.785. The predicted molar refractivity (Wildman–Crippen MR) is 104 cm³/mol. The molecule has 136 valence electrons. The molecular formula is C18H18ClN3O3S. The molecule has 3 rings (SSSR count). The second kappa shape index (κ2) is 8.33. The van der Waals surface area contributed by atoms with Gasteiger partial charge in [0.2, 0.25) is 5.91 Å². The first kappa shape index (κ1) is 18.4. The van der Waals surface area contributed by atoms with Crippen molar-refractivity contribution < 1.29 is 4.79 Å². The van der Waals surface area contributed by atoms with Crippen molar-refractivity contribution in [3.05, 3.63) is 67.1 Å². The van der Waals surface area contributed by atoms with E-state index in [1.54, 1.807) is 11.4 Å². The summed E-state index contributed by atoms with van der Waals surface area (Å²) in [6, 6.07) is 9.22. The third kappa shape index (κ3) is 4.23. The minimum Gasteiger partial charge on any atom is -0.356 e. The molecule has 0 saturated heterocycles. The van der Waals surface area contributed by atoms with Crippen LogP contribution in [0.2, 0.25) is 5.02 Å². The highest BCUT2D eigenvalue weighted by Crippen LogP contribution is 2.15. The Morgan fingerprint density at radius 2 is 2.04 bits per heavy atom. The SMILES string of the molecule is O=C(CCCn1c(=O)[nH]c2ccsc2c1=O)NCCc1ccccc1Cl. The number of aromatic amines is 1. The van der Waals surface area contributed by atoms with Crippen LogP contribution in [0.15, 0.2) is 45.3 Å². The summed E-state index contributed by atoms with van der Waals surface area (Å²) in [6.45, 7) is 0.699. The van der Waals surface area contributed by atoms with Gasteiger partial charge in [0, 0.05) is 24.5 Å². The Hall–Kier alpha value is -2.38. The average molecular weight is 392 g/mol. The van der Waals surface area contributed by atoms with Crippen molar-refractivity contribution >= 4 is 39.1 Å². The quantitative estimate of drug-likeness (QED) is 0.649. The molecule has 2 N–H and O–H groups in total. The average Bonchev–Trinajstić information content (AvgIpc) is 3.08. The number of amides is 1. The van der Waals surface area contributed by atoms with Crippen molar-refractivity contribution in [3.63, 3.8) is 0 Å². The topological polar surface area (TPSA) is 84.0 Å². The van der Waals surface area contributed by atoms with Crippen molar-refractivity contribution in [1.29, 1.82) is 0 Å². The van der Waals surface area contributed by atoms with Gasteiger partial charge in [-0.15, -0.1) is 11.3 Å². The van der Waals surface area contributed by atoms with Crippen LogP contribution in [0.25, 0.3) is 10.2 Å². The summed E-state index contributed by atoms with van der Waals surface area (Å²) in [4.78, 5) is 38.9. The first-order chi connectivity index (χ1) is 12.6. The lowest BCUT2D eigenvalue weighted by Gasteiger charge is -2.07. The molecule has 0 saturated carbocycles. The lowest BCUT2D eigenvalue weighted by molar-refractivity contribution is -0.121. The molecule has 0 aliphatic rings. The van der Waals surface area contributed by atoms with Gasteiger partial charge >= 0.3 is 5.69 Å². The van der Waals surface area contributed by atoms with E-state index in [1.807, 2.05) is 24.3 Å². The van der Waals surface area contributed by atoms with Crippen molar-refractivity contribution in [2.24, 2.45) is 0 Å². The van der Waals surface area contributed by atoms with Crippen LogP contribution in [0, 0.1) is 0 Å². The maximum atomic E-state index is 12.3. The Balaban J connectivity index is 1.49. The molecule has 0 bridgehead atoms. The summed E-state index contributed by atoms with van der Waals surface area (Å²) in [7, 11) is 0. The fraction of sp³-hybridized carbons (Fsp3) is 0.278. The van der Waals surface area contributed by atoms with Crippen LogP contribution in [0.3, 0.4) is 0 Å². The summed E-state index contributed by atoms with van der Waals surface area (Å²) in [6.07, 6.45) is 1.31. The number of thiophene rings is 1. The first-order valence-corrected chi connectivity index (χ1v) is 9.52. The molecule has 0 aliphatic carbocycles. The van der Waals surface area contributed by atoms with Gasteiger partial charge in [-0.25, -0.2) is 4.79 Å². The molecule has 1 amide bonds. The summed E-state index contributed by atoms with van der Waals surface area (Å²) in [5.74, 6) is -0.112. The van der Waals surface area contributed by atoms with E-state index < -0.39 is 5.69 Å². The van der Waals surface area contributed by atoms with E-state index in [9.17, 15) is 14.4 Å². The molecule has 2 aromatic heterocycles. The van der Waals surface area contributed by atoms with Gasteiger partial charge in [0.05, 0.1) is 5.52 Å². The Bertz CT molecular complexity index is 1040. The normalized spacial score (nSPS) is 11.0. The van der Waals surface area contributed by atoms with Gasteiger partial charge < -0.3 is 10.3 Å². The van der Waals surface area contributed by atoms with Crippen LogP contribution in [0.4, 0.5) is 0 Å². The number of carbonyl (C=O) groups excluding carboxylic acids is 1. The summed E-state index contributed by atoms with van der Waals surface area (Å²) < 4.78 is 1.67. The maximum absolute atomic E-state index is 12.3. The standard InChI is InChI=1S/C18H18ClN3O3S/c19-13-5-2-1-4-12(13)7-9-20-15(23)6-3-10-22-17(24)16-14(8-11-26-16)21-18(22)25/h1-2,4-5,8,11H,3,6-7,9-10H2,(H,20,23)(H,21,25). The molecule has 26 heavy (non-hydrogen) atoms. The number of aromatic nitrogens is 2. The summed E-state index contributed by atoms with van der Waals surface area (Å²) in [5, 5.41) is 5.28. The monoisotopic (exact) mass is 391 g/mol. The molecule has 0 aliphatic heterocycles. The number of H-pyrrole nitrogens is 1. The minimum atomic E-state index is -0.444. The Kier molecular flexibility index (Phi) is 5.90. The highest BCUT2D eigenvalue weighted by Gasteiger charge is 2.09. The number of nitrogens with zero attached hydrogens (tertiary/aromatic N) is 1. The second-order valence-corrected chi connectivity index (χ2v) is 7.17. The highest BCUT2D eigenvalue weighted by molar-refractivity contribution is 7.17. The van der Waals surface area contributed by atoms with Crippen LogP contribution in [0.5, 0.6) is 0 Å². The smallest absolute Gasteiger partial charge is 0.328 e. The zero-order chi connectivity index (χ0) is 18.5. The van der Waals surface area contributed by atoms with Gasteiger partial charge in [-0.1, -0.05) is 29.8 Å². The van der Waals surface area contributed by atoms with Gasteiger partial charge in [-0.2, -0.15) is 0 Å². The lowest BCUT2D eigenvalue weighted by atomic mass is 10.1. The van der Waals surface area contributed by atoms with E-state index in [0.717, 1.165) is 10.1 Å². The number of benzene rings is 1. The molecule has 6 nitrogen and oxygen atoms in total. The summed E-state index contributed by atoms with van der Waals surface area (Å²) >= 11 is 7.37. The largest absolute Gasteiger partial charge is 0.356 e. The van der Waals surface area contributed by atoms with E-state index in [4.69, 9.17) is 11.6 Å². The van der Waals surface area contributed by atoms with Crippen molar-refractivity contribution in [2.45, 2.75) is 25.8 Å². The molecule has 8 heteroatoms.